The average Bonchev–Trinajstić information content (AvgIpc) is 2.45. The Bertz CT molecular complexity index is 569. The molecule has 0 spiro atoms. The second kappa shape index (κ2) is 6.99. The molecule has 1 aromatic carbocycles. The van der Waals surface area contributed by atoms with Crippen LogP contribution in [0.5, 0.6) is 11.5 Å². The molecule has 112 valence electrons. The number of carbonyl (C=O) groups excluding carboxylic acids is 1. The summed E-state index contributed by atoms with van der Waals surface area (Å²) in [5.41, 5.74) is 0. The van der Waals surface area contributed by atoms with Crippen LogP contribution in [-0.2, 0) is 14.6 Å². The van der Waals surface area contributed by atoms with E-state index in [-0.39, 0.29) is 17.2 Å². The van der Waals surface area contributed by atoms with Gasteiger partial charge in [0.2, 0.25) is 0 Å². The summed E-state index contributed by atoms with van der Waals surface area (Å²) >= 11 is 0. The van der Waals surface area contributed by atoms with Gasteiger partial charge < -0.3 is 19.5 Å². The molecule has 0 aliphatic heterocycles. The van der Waals surface area contributed by atoms with Crippen LogP contribution in [0.3, 0.4) is 0 Å². The van der Waals surface area contributed by atoms with Crippen LogP contribution in [0.25, 0.3) is 0 Å². The van der Waals surface area contributed by atoms with E-state index in [1.165, 1.54) is 39.5 Å². The number of nitrogens with one attached hydrogen (secondary N) is 1. The first kappa shape index (κ1) is 16.1. The molecule has 1 aromatic rings. The van der Waals surface area contributed by atoms with Gasteiger partial charge in [-0.2, -0.15) is 0 Å². The lowest BCUT2D eigenvalue weighted by molar-refractivity contribution is 0.172. The number of rotatable bonds is 6. The number of amides is 1. The third kappa shape index (κ3) is 4.02. The summed E-state index contributed by atoms with van der Waals surface area (Å²) in [5.74, 6) is 0.533. The molecule has 0 aliphatic carbocycles. The fourth-order valence-electron chi connectivity index (χ4n) is 1.49. The monoisotopic (exact) mass is 303 g/mol. The smallest absolute Gasteiger partial charge is 0.406 e. The summed E-state index contributed by atoms with van der Waals surface area (Å²) < 4.78 is 38.6. The van der Waals surface area contributed by atoms with Crippen LogP contribution in [0.15, 0.2) is 23.1 Å². The normalized spacial score (nSPS) is 10.8. The predicted molar refractivity (Wildman–Crippen MR) is 72.0 cm³/mol. The van der Waals surface area contributed by atoms with Gasteiger partial charge in [0.05, 0.1) is 32.0 Å². The number of methoxy groups -OCH3 is 3. The van der Waals surface area contributed by atoms with Crippen molar-refractivity contribution < 1.29 is 27.4 Å². The molecule has 1 N–H and O–H groups in total. The zero-order valence-electron chi connectivity index (χ0n) is 11.5. The van der Waals surface area contributed by atoms with E-state index in [1.807, 2.05) is 0 Å². The Hall–Kier alpha value is -1.96. The van der Waals surface area contributed by atoms with Gasteiger partial charge >= 0.3 is 6.09 Å². The van der Waals surface area contributed by atoms with Crippen molar-refractivity contribution in [3.63, 3.8) is 0 Å². The number of alkyl carbamates (subject to hydrolysis) is 1. The first-order chi connectivity index (χ1) is 9.44. The molecular formula is C12H17NO6S. The quantitative estimate of drug-likeness (QED) is 0.837. The summed E-state index contributed by atoms with van der Waals surface area (Å²) in [6.45, 7) is -0.0383. The van der Waals surface area contributed by atoms with Crippen molar-refractivity contribution in [1.82, 2.24) is 5.32 Å². The zero-order valence-corrected chi connectivity index (χ0v) is 12.3. The number of ether oxygens (including phenoxy) is 3. The van der Waals surface area contributed by atoms with Crippen molar-refractivity contribution in [3.05, 3.63) is 18.2 Å². The van der Waals surface area contributed by atoms with Crippen LogP contribution < -0.4 is 14.8 Å². The Morgan fingerprint density at radius 3 is 2.35 bits per heavy atom. The van der Waals surface area contributed by atoms with E-state index in [0.717, 1.165) is 0 Å². The molecule has 0 fully saturated rings. The molecule has 8 heteroatoms. The number of hydrogen-bond acceptors (Lipinski definition) is 6. The highest BCUT2D eigenvalue weighted by molar-refractivity contribution is 7.91. The molecule has 1 rings (SSSR count). The molecule has 0 atom stereocenters. The minimum Gasteiger partial charge on any atom is -0.493 e. The van der Waals surface area contributed by atoms with Crippen molar-refractivity contribution in [3.8, 4) is 11.5 Å². The van der Waals surface area contributed by atoms with Crippen LogP contribution in [-0.4, -0.2) is 48.1 Å². The molecule has 20 heavy (non-hydrogen) atoms. The first-order valence-electron chi connectivity index (χ1n) is 5.71. The Morgan fingerprint density at radius 2 is 1.80 bits per heavy atom. The van der Waals surface area contributed by atoms with Crippen LogP contribution in [0, 0.1) is 0 Å². The highest BCUT2D eigenvalue weighted by Crippen LogP contribution is 2.29. The maximum atomic E-state index is 12.1. The number of hydrogen-bond donors (Lipinski definition) is 1. The highest BCUT2D eigenvalue weighted by atomic mass is 32.2. The Labute approximate surface area is 117 Å². The molecule has 0 bridgehead atoms. The van der Waals surface area contributed by atoms with E-state index in [9.17, 15) is 13.2 Å². The minimum atomic E-state index is -3.53. The summed E-state index contributed by atoms with van der Waals surface area (Å²) in [7, 11) is 0.567. The van der Waals surface area contributed by atoms with Crippen LogP contribution in [0.4, 0.5) is 4.79 Å². The number of benzene rings is 1. The Balaban J connectivity index is 2.84. The van der Waals surface area contributed by atoms with Crippen molar-refractivity contribution in [2.45, 2.75) is 4.90 Å². The van der Waals surface area contributed by atoms with E-state index < -0.39 is 15.9 Å². The number of sulfone groups is 1. The van der Waals surface area contributed by atoms with Gasteiger partial charge in [0.25, 0.3) is 0 Å². The van der Waals surface area contributed by atoms with E-state index in [4.69, 9.17) is 9.47 Å². The van der Waals surface area contributed by atoms with Crippen molar-refractivity contribution in [2.24, 2.45) is 0 Å². The molecule has 0 heterocycles. The van der Waals surface area contributed by atoms with Gasteiger partial charge in [0, 0.05) is 12.6 Å². The van der Waals surface area contributed by atoms with Gasteiger partial charge in [-0.1, -0.05) is 0 Å². The van der Waals surface area contributed by atoms with Crippen LogP contribution in [0.2, 0.25) is 0 Å². The van der Waals surface area contributed by atoms with Crippen LogP contribution in [0.1, 0.15) is 0 Å². The number of carbonyl (C=O) groups is 1. The predicted octanol–water partition coefficient (Wildman–Crippen LogP) is 0.833. The SMILES string of the molecule is COC(=O)NCCS(=O)(=O)c1ccc(OC)c(OC)c1. The lowest BCUT2D eigenvalue weighted by Crippen LogP contribution is -2.28. The third-order valence-corrected chi connectivity index (χ3v) is 4.25. The lowest BCUT2D eigenvalue weighted by atomic mass is 10.3. The molecule has 1 amide bonds. The standard InChI is InChI=1S/C12H17NO6S/c1-17-10-5-4-9(8-11(10)18-2)20(15,16)7-6-13-12(14)19-3/h4-5,8H,6-7H2,1-3H3,(H,13,14). The lowest BCUT2D eigenvalue weighted by Gasteiger charge is -2.10. The van der Waals surface area contributed by atoms with Crippen molar-refractivity contribution in [1.29, 1.82) is 0 Å². The second-order valence-corrected chi connectivity index (χ2v) is 5.86. The topological polar surface area (TPSA) is 90.9 Å². The molecule has 0 saturated carbocycles. The van der Waals surface area contributed by atoms with E-state index >= 15 is 0 Å². The van der Waals surface area contributed by atoms with E-state index in [2.05, 4.69) is 10.1 Å². The minimum absolute atomic E-state index is 0.0383. The molecule has 0 unspecified atom stereocenters. The van der Waals surface area contributed by atoms with Gasteiger partial charge in [0.1, 0.15) is 0 Å². The summed E-state index contributed by atoms with van der Waals surface area (Å²) in [6.07, 6.45) is -0.674. The molecule has 0 radical (unpaired) electrons. The largest absolute Gasteiger partial charge is 0.493 e. The summed E-state index contributed by atoms with van der Waals surface area (Å²) in [6, 6.07) is 4.32. The van der Waals surface area contributed by atoms with Crippen molar-refractivity contribution in [2.75, 3.05) is 33.6 Å². The molecular weight excluding hydrogens is 286 g/mol. The maximum Gasteiger partial charge on any atom is 0.406 e. The summed E-state index contributed by atoms with van der Waals surface area (Å²) in [5, 5.41) is 2.31. The van der Waals surface area contributed by atoms with E-state index in [1.54, 1.807) is 0 Å². The zero-order chi connectivity index (χ0) is 15.2. The fourth-order valence-corrected chi connectivity index (χ4v) is 2.66. The molecule has 0 aliphatic rings. The van der Waals surface area contributed by atoms with E-state index in [0.29, 0.717) is 11.5 Å². The van der Waals surface area contributed by atoms with Gasteiger partial charge in [-0.05, 0) is 12.1 Å². The fraction of sp³-hybridized carbons (Fsp3) is 0.417. The molecule has 7 nitrogen and oxygen atoms in total. The Kier molecular flexibility index (Phi) is 5.63. The average molecular weight is 303 g/mol. The molecule has 0 aromatic heterocycles. The first-order valence-corrected chi connectivity index (χ1v) is 7.36. The third-order valence-electron chi connectivity index (χ3n) is 2.54. The molecule has 0 saturated heterocycles. The van der Waals surface area contributed by atoms with Crippen LogP contribution >= 0.6 is 0 Å². The van der Waals surface area contributed by atoms with Gasteiger partial charge in [-0.3, -0.25) is 0 Å². The maximum absolute atomic E-state index is 12.1. The van der Waals surface area contributed by atoms with Gasteiger partial charge in [0.15, 0.2) is 21.3 Å². The van der Waals surface area contributed by atoms with Gasteiger partial charge in [-0.15, -0.1) is 0 Å². The van der Waals surface area contributed by atoms with Gasteiger partial charge in [-0.25, -0.2) is 13.2 Å². The second-order valence-electron chi connectivity index (χ2n) is 3.75. The highest BCUT2D eigenvalue weighted by Gasteiger charge is 2.17. The summed E-state index contributed by atoms with van der Waals surface area (Å²) in [4.78, 5) is 11.0. The Morgan fingerprint density at radius 1 is 1.15 bits per heavy atom. The van der Waals surface area contributed by atoms with Crippen molar-refractivity contribution >= 4 is 15.9 Å².